The van der Waals surface area contributed by atoms with E-state index in [-0.39, 0.29) is 31.5 Å². The first-order valence-electron chi connectivity index (χ1n) is 9.22. The number of aromatic nitrogens is 4. The van der Waals surface area contributed by atoms with E-state index in [4.69, 9.17) is 5.73 Å². The minimum absolute atomic E-state index is 0.162. The zero-order chi connectivity index (χ0) is 20.4. The van der Waals surface area contributed by atoms with Gasteiger partial charge in [-0.3, -0.25) is 9.78 Å². The minimum atomic E-state index is -0.968. The van der Waals surface area contributed by atoms with Crippen molar-refractivity contribution in [2.24, 2.45) is 5.73 Å². The van der Waals surface area contributed by atoms with Gasteiger partial charge in [0.2, 0.25) is 11.9 Å². The van der Waals surface area contributed by atoms with Crippen molar-refractivity contribution >= 4 is 11.9 Å². The zero-order valence-corrected chi connectivity index (χ0v) is 15.6. The lowest BCUT2D eigenvalue weighted by atomic mass is 9.65. The Hall–Kier alpha value is -3.36. The summed E-state index contributed by atoms with van der Waals surface area (Å²) in [5, 5.41) is 3.08. The van der Waals surface area contributed by atoms with Crippen molar-refractivity contribution in [1.29, 1.82) is 0 Å². The van der Waals surface area contributed by atoms with E-state index in [0.717, 1.165) is 5.56 Å². The quantitative estimate of drug-likeness (QED) is 0.636. The fraction of sp³-hybridized carbons (Fsp3) is 0.300. The Balaban J connectivity index is 1.45. The van der Waals surface area contributed by atoms with Crippen LogP contribution in [0.15, 0.2) is 49.2 Å². The van der Waals surface area contributed by atoms with Crippen molar-refractivity contribution in [2.75, 3.05) is 11.9 Å². The highest BCUT2D eigenvalue weighted by atomic mass is 19.1. The molecule has 4 rings (SSSR count). The van der Waals surface area contributed by atoms with Crippen molar-refractivity contribution in [3.05, 3.63) is 66.3 Å². The second-order valence-corrected chi connectivity index (χ2v) is 7.31. The highest BCUT2D eigenvalue weighted by molar-refractivity contribution is 5.76. The summed E-state index contributed by atoms with van der Waals surface area (Å²) >= 11 is 0. The maximum atomic E-state index is 14.2. The van der Waals surface area contributed by atoms with Gasteiger partial charge in [-0.25, -0.2) is 18.7 Å². The van der Waals surface area contributed by atoms with Crippen molar-refractivity contribution in [1.82, 2.24) is 19.5 Å². The number of amides is 1. The van der Waals surface area contributed by atoms with Gasteiger partial charge in [0.15, 0.2) is 0 Å². The van der Waals surface area contributed by atoms with Crippen LogP contribution in [-0.4, -0.2) is 38.1 Å². The lowest BCUT2D eigenvalue weighted by molar-refractivity contribution is -0.117. The van der Waals surface area contributed by atoms with Crippen molar-refractivity contribution in [2.45, 2.75) is 30.8 Å². The summed E-state index contributed by atoms with van der Waals surface area (Å²) in [4.78, 5) is 23.7. The number of pyridine rings is 1. The molecule has 1 fully saturated rings. The topological polar surface area (TPSA) is 98.7 Å². The molecule has 3 N–H and O–H groups in total. The molecule has 1 amide bonds. The van der Waals surface area contributed by atoms with E-state index >= 15 is 0 Å². The fourth-order valence-electron chi connectivity index (χ4n) is 3.69. The summed E-state index contributed by atoms with van der Waals surface area (Å²) in [5.41, 5.74) is 6.27. The number of halogens is 2. The van der Waals surface area contributed by atoms with Crippen LogP contribution in [0, 0.1) is 5.82 Å². The largest absolute Gasteiger partial charge is 0.369 e. The molecular weight excluding hydrogens is 378 g/mol. The van der Waals surface area contributed by atoms with Gasteiger partial charge in [0.1, 0.15) is 12.0 Å². The molecule has 3 aromatic heterocycles. The monoisotopic (exact) mass is 398 g/mol. The number of nitrogens with two attached hydrogens (primary N) is 1. The number of carbonyl (C=O) groups excluding carboxylic acids is 1. The molecule has 9 heteroatoms. The van der Waals surface area contributed by atoms with Gasteiger partial charge in [-0.1, -0.05) is 0 Å². The van der Waals surface area contributed by atoms with Crippen LogP contribution >= 0.6 is 0 Å². The summed E-state index contributed by atoms with van der Waals surface area (Å²) in [6.07, 6.45) is 7.94. The van der Waals surface area contributed by atoms with E-state index in [1.54, 1.807) is 35.4 Å². The average Bonchev–Trinajstić information content (AvgIpc) is 3.13. The number of nitrogens with one attached hydrogen (secondary N) is 1. The molecule has 0 atom stereocenters. The molecule has 29 heavy (non-hydrogen) atoms. The molecule has 1 aliphatic rings. The Bertz CT molecular complexity index is 1010. The third-order valence-corrected chi connectivity index (χ3v) is 5.14. The van der Waals surface area contributed by atoms with E-state index in [1.807, 2.05) is 0 Å². The standard InChI is InChI=1S/C20H20F2N6O/c21-14-7-20(8-14,18-16(22)2-1-4-24-18)12-27-19-25-9-15(10-26-19)28-5-3-13(11-28)6-17(23)29/h1-5,9-11,14H,6-8,12H2,(H2,23,29)(H,25,26,27). The van der Waals surface area contributed by atoms with Gasteiger partial charge < -0.3 is 15.6 Å². The normalized spacial score (nSPS) is 20.8. The molecule has 3 heterocycles. The van der Waals surface area contributed by atoms with Gasteiger partial charge in [-0.2, -0.15) is 0 Å². The van der Waals surface area contributed by atoms with Crippen LogP contribution in [0.5, 0.6) is 0 Å². The third kappa shape index (κ3) is 3.94. The number of nitrogens with zero attached hydrogens (tertiary/aromatic N) is 4. The van der Waals surface area contributed by atoms with E-state index in [0.29, 0.717) is 11.6 Å². The lowest BCUT2D eigenvalue weighted by Gasteiger charge is -2.43. The van der Waals surface area contributed by atoms with Crippen LogP contribution in [0.25, 0.3) is 5.69 Å². The highest BCUT2D eigenvalue weighted by Gasteiger charge is 2.48. The molecule has 1 aliphatic carbocycles. The van der Waals surface area contributed by atoms with Gasteiger partial charge in [0.25, 0.3) is 0 Å². The second kappa shape index (κ2) is 7.57. The Kier molecular flexibility index (Phi) is 4.96. The highest BCUT2D eigenvalue weighted by Crippen LogP contribution is 2.45. The molecule has 0 saturated heterocycles. The summed E-state index contributed by atoms with van der Waals surface area (Å²) in [5.74, 6) is -0.476. The van der Waals surface area contributed by atoms with E-state index in [2.05, 4.69) is 20.3 Å². The van der Waals surface area contributed by atoms with Crippen LogP contribution in [0.3, 0.4) is 0 Å². The molecule has 0 unspecified atom stereocenters. The molecule has 1 saturated carbocycles. The fourth-order valence-corrected chi connectivity index (χ4v) is 3.69. The van der Waals surface area contributed by atoms with Crippen LogP contribution in [-0.2, 0) is 16.6 Å². The predicted octanol–water partition coefficient (Wildman–Crippen LogP) is 2.31. The van der Waals surface area contributed by atoms with Gasteiger partial charge >= 0.3 is 0 Å². The number of carbonyl (C=O) groups is 1. The molecule has 0 aromatic carbocycles. The molecule has 0 spiro atoms. The van der Waals surface area contributed by atoms with Crippen molar-refractivity contribution in [3.63, 3.8) is 0 Å². The third-order valence-electron chi connectivity index (χ3n) is 5.14. The Morgan fingerprint density at radius 1 is 1.28 bits per heavy atom. The molecule has 0 bridgehead atoms. The van der Waals surface area contributed by atoms with Crippen LogP contribution in [0.2, 0.25) is 0 Å². The first-order valence-corrected chi connectivity index (χ1v) is 9.22. The summed E-state index contributed by atoms with van der Waals surface area (Å²) in [7, 11) is 0. The summed E-state index contributed by atoms with van der Waals surface area (Å²) < 4.78 is 29.6. The number of hydrogen-bond acceptors (Lipinski definition) is 5. The van der Waals surface area contributed by atoms with Crippen LogP contribution in [0.4, 0.5) is 14.7 Å². The number of alkyl halides is 1. The molecule has 3 aromatic rings. The minimum Gasteiger partial charge on any atom is -0.369 e. The second-order valence-electron chi connectivity index (χ2n) is 7.31. The molecule has 0 radical (unpaired) electrons. The van der Waals surface area contributed by atoms with Gasteiger partial charge in [-0.05, 0) is 36.6 Å². The lowest BCUT2D eigenvalue weighted by Crippen LogP contribution is -2.49. The summed E-state index contributed by atoms with van der Waals surface area (Å²) in [6, 6.07) is 4.65. The summed E-state index contributed by atoms with van der Waals surface area (Å²) in [6.45, 7) is 0.285. The van der Waals surface area contributed by atoms with Gasteiger partial charge in [0.05, 0.1) is 30.2 Å². The van der Waals surface area contributed by atoms with Crippen molar-refractivity contribution in [3.8, 4) is 5.69 Å². The smallest absolute Gasteiger partial charge is 0.222 e. The van der Waals surface area contributed by atoms with E-state index < -0.39 is 23.3 Å². The van der Waals surface area contributed by atoms with Gasteiger partial charge in [0, 0.05) is 30.6 Å². The number of primary amides is 1. The maximum Gasteiger partial charge on any atom is 0.222 e. The molecule has 7 nitrogen and oxygen atoms in total. The van der Waals surface area contributed by atoms with Crippen LogP contribution in [0.1, 0.15) is 24.1 Å². The predicted molar refractivity (Wildman–Crippen MR) is 103 cm³/mol. The zero-order valence-electron chi connectivity index (χ0n) is 15.6. The average molecular weight is 398 g/mol. The Morgan fingerprint density at radius 3 is 2.69 bits per heavy atom. The maximum absolute atomic E-state index is 14.2. The number of anilines is 1. The molecular formula is C20H20F2N6O. The SMILES string of the molecule is NC(=O)Cc1ccn(-c2cnc(NCC3(c4ncccc4F)CC(F)C3)nc2)c1. The Morgan fingerprint density at radius 2 is 2.03 bits per heavy atom. The van der Waals surface area contributed by atoms with E-state index in [1.165, 1.54) is 18.3 Å². The number of hydrogen-bond donors (Lipinski definition) is 2. The Labute approximate surface area is 166 Å². The molecule has 0 aliphatic heterocycles. The van der Waals surface area contributed by atoms with Crippen LogP contribution < -0.4 is 11.1 Å². The molecule has 150 valence electrons. The number of rotatable bonds is 7. The van der Waals surface area contributed by atoms with E-state index in [9.17, 15) is 13.6 Å². The van der Waals surface area contributed by atoms with Crippen molar-refractivity contribution < 1.29 is 13.6 Å². The van der Waals surface area contributed by atoms with Gasteiger partial charge in [-0.15, -0.1) is 0 Å². The first-order chi connectivity index (χ1) is 13.9. The first kappa shape index (κ1) is 19.0.